The number of aliphatic imine (C=N–C) groups is 1. The Kier molecular flexibility index (Phi) is 7.98. The van der Waals surface area contributed by atoms with Crippen molar-refractivity contribution in [2.75, 3.05) is 5.75 Å². The van der Waals surface area contributed by atoms with Gasteiger partial charge in [-0.3, -0.25) is 10.3 Å². The van der Waals surface area contributed by atoms with Crippen molar-refractivity contribution in [2.45, 2.75) is 50.7 Å². The smallest absolute Gasteiger partial charge is 0.110 e. The molecule has 3 aromatic rings. The van der Waals surface area contributed by atoms with Crippen molar-refractivity contribution in [1.82, 2.24) is 5.32 Å². The Balaban J connectivity index is 1.27. The molecule has 3 aromatic carbocycles. The molecule has 31 heavy (non-hydrogen) atoms. The van der Waals surface area contributed by atoms with E-state index < -0.39 is 0 Å². The lowest BCUT2D eigenvalue weighted by Crippen LogP contribution is -2.30. The third-order valence-corrected chi connectivity index (χ3v) is 7.11. The van der Waals surface area contributed by atoms with Crippen molar-refractivity contribution < 1.29 is 0 Å². The van der Waals surface area contributed by atoms with Crippen LogP contribution in [0.15, 0.2) is 96.0 Å². The van der Waals surface area contributed by atoms with Crippen LogP contribution in [0.5, 0.6) is 0 Å². The van der Waals surface area contributed by atoms with Gasteiger partial charge in [0.2, 0.25) is 0 Å². The fourth-order valence-electron chi connectivity index (χ4n) is 4.29. The highest BCUT2D eigenvalue weighted by Crippen LogP contribution is 2.30. The molecule has 0 saturated carbocycles. The molecule has 0 radical (unpaired) electrons. The molecule has 2 nitrogen and oxygen atoms in total. The van der Waals surface area contributed by atoms with Crippen LogP contribution in [0, 0.1) is 0 Å². The number of rotatable bonds is 10. The fraction of sp³-hybridized carbons (Fsp3) is 0.321. The molecule has 1 aliphatic heterocycles. The molecule has 160 valence electrons. The van der Waals surface area contributed by atoms with Gasteiger partial charge in [0.05, 0.1) is 5.04 Å². The number of unbranched alkanes of at least 4 members (excludes halogenated alkanes) is 1. The lowest BCUT2D eigenvalue weighted by molar-refractivity contribution is 0.501. The van der Waals surface area contributed by atoms with Crippen LogP contribution in [-0.2, 0) is 0 Å². The van der Waals surface area contributed by atoms with Gasteiger partial charge in [-0.1, -0.05) is 97.4 Å². The Hall–Kier alpha value is -2.36. The summed E-state index contributed by atoms with van der Waals surface area (Å²) >= 11 is 1.93. The van der Waals surface area contributed by atoms with Crippen LogP contribution < -0.4 is 5.32 Å². The van der Waals surface area contributed by atoms with Crippen LogP contribution in [0.4, 0.5) is 0 Å². The summed E-state index contributed by atoms with van der Waals surface area (Å²) in [7, 11) is 0. The van der Waals surface area contributed by atoms with Gasteiger partial charge in [0.1, 0.15) is 6.17 Å². The molecule has 0 saturated heterocycles. The summed E-state index contributed by atoms with van der Waals surface area (Å²) in [5, 5.41) is 4.98. The van der Waals surface area contributed by atoms with E-state index in [-0.39, 0.29) is 6.17 Å². The third kappa shape index (κ3) is 6.32. The molecule has 1 heterocycles. The molecule has 0 amide bonds. The van der Waals surface area contributed by atoms with Gasteiger partial charge in [-0.05, 0) is 42.9 Å². The molecule has 4 rings (SSSR count). The maximum atomic E-state index is 4.96. The third-order valence-electron chi connectivity index (χ3n) is 5.99. The first kappa shape index (κ1) is 21.9. The molecule has 0 aliphatic carbocycles. The molecule has 0 fully saturated rings. The lowest BCUT2D eigenvalue weighted by atomic mass is 9.87. The minimum Gasteiger partial charge on any atom is -0.288 e. The molecule has 1 aliphatic rings. The normalized spacial score (nSPS) is 17.0. The average Bonchev–Trinajstić information content (AvgIpc) is 3.28. The zero-order chi connectivity index (χ0) is 21.3. The van der Waals surface area contributed by atoms with Crippen molar-refractivity contribution in [2.24, 2.45) is 4.99 Å². The summed E-state index contributed by atoms with van der Waals surface area (Å²) in [6.45, 7) is 2.22. The van der Waals surface area contributed by atoms with E-state index in [0.717, 1.165) is 12.2 Å². The van der Waals surface area contributed by atoms with Crippen LogP contribution in [0.2, 0.25) is 0 Å². The summed E-state index contributed by atoms with van der Waals surface area (Å²) in [5.74, 6) is 1.52. The highest BCUT2D eigenvalue weighted by molar-refractivity contribution is 8.14. The average molecular weight is 429 g/mol. The van der Waals surface area contributed by atoms with Gasteiger partial charge >= 0.3 is 0 Å². The molecule has 1 N–H and O–H groups in total. The molecule has 0 aromatic heterocycles. The van der Waals surface area contributed by atoms with Crippen LogP contribution >= 0.6 is 11.8 Å². The van der Waals surface area contributed by atoms with Crippen molar-refractivity contribution >= 4 is 16.8 Å². The topological polar surface area (TPSA) is 24.4 Å². The summed E-state index contributed by atoms with van der Waals surface area (Å²) in [6.07, 6.45) is 4.92. The zero-order valence-corrected chi connectivity index (χ0v) is 19.1. The van der Waals surface area contributed by atoms with E-state index >= 15 is 0 Å². The van der Waals surface area contributed by atoms with Gasteiger partial charge in [-0.2, -0.15) is 0 Å². The molecule has 2 atom stereocenters. The van der Waals surface area contributed by atoms with E-state index in [2.05, 4.69) is 103 Å². The fourth-order valence-corrected chi connectivity index (χ4v) is 5.30. The highest BCUT2D eigenvalue weighted by Gasteiger charge is 2.20. The highest BCUT2D eigenvalue weighted by atomic mass is 32.2. The first-order valence-electron chi connectivity index (χ1n) is 11.4. The number of nitrogens with one attached hydrogen (secondary N) is 1. The van der Waals surface area contributed by atoms with Gasteiger partial charge in [0.15, 0.2) is 0 Å². The minimum absolute atomic E-state index is 0.233. The Morgan fingerprint density at radius 1 is 0.806 bits per heavy atom. The Bertz CT molecular complexity index is 901. The maximum Gasteiger partial charge on any atom is 0.110 e. The van der Waals surface area contributed by atoms with E-state index in [4.69, 9.17) is 4.99 Å². The summed E-state index contributed by atoms with van der Waals surface area (Å²) in [6, 6.07) is 32.8. The number of benzene rings is 3. The number of nitrogens with zero attached hydrogens (tertiary/aromatic N) is 1. The monoisotopic (exact) mass is 428 g/mol. The molecular weight excluding hydrogens is 396 g/mol. The van der Waals surface area contributed by atoms with Crippen molar-refractivity contribution in [3.63, 3.8) is 0 Å². The Labute approximate surface area is 191 Å². The first-order valence-corrected chi connectivity index (χ1v) is 12.4. The number of hydrogen-bond acceptors (Lipinski definition) is 3. The van der Waals surface area contributed by atoms with Gasteiger partial charge in [-0.25, -0.2) is 0 Å². The van der Waals surface area contributed by atoms with E-state index in [9.17, 15) is 0 Å². The van der Waals surface area contributed by atoms with Crippen molar-refractivity contribution in [3.05, 3.63) is 108 Å². The molecule has 3 heteroatoms. The van der Waals surface area contributed by atoms with Gasteiger partial charge in [0, 0.05) is 17.7 Å². The maximum absolute atomic E-state index is 4.96. The SMILES string of the molecule is CC(NC1CSC(CCCCC(c2ccccc2)c2ccccc2)=N1)c1ccccc1. The summed E-state index contributed by atoms with van der Waals surface area (Å²) in [5.41, 5.74) is 4.16. The second-order valence-corrected chi connectivity index (χ2v) is 9.36. The molecule has 0 spiro atoms. The van der Waals surface area contributed by atoms with Crippen molar-refractivity contribution in [1.29, 1.82) is 0 Å². The van der Waals surface area contributed by atoms with Crippen LogP contribution in [-0.4, -0.2) is 17.0 Å². The first-order chi connectivity index (χ1) is 15.3. The van der Waals surface area contributed by atoms with Crippen LogP contribution in [0.25, 0.3) is 0 Å². The lowest BCUT2D eigenvalue weighted by Gasteiger charge is -2.18. The van der Waals surface area contributed by atoms with E-state index in [1.807, 2.05) is 11.8 Å². The number of hydrogen-bond donors (Lipinski definition) is 1. The summed E-state index contributed by atoms with van der Waals surface area (Å²) in [4.78, 5) is 4.96. The molecule has 2 unspecified atom stereocenters. The predicted molar refractivity (Wildman–Crippen MR) is 135 cm³/mol. The zero-order valence-electron chi connectivity index (χ0n) is 18.3. The Morgan fingerprint density at radius 2 is 1.35 bits per heavy atom. The quantitative estimate of drug-likeness (QED) is 0.345. The predicted octanol–water partition coefficient (Wildman–Crippen LogP) is 7.20. The van der Waals surface area contributed by atoms with Crippen LogP contribution in [0.3, 0.4) is 0 Å². The van der Waals surface area contributed by atoms with E-state index in [1.54, 1.807) is 0 Å². The number of thioether (sulfide) groups is 1. The Morgan fingerprint density at radius 3 is 1.94 bits per heavy atom. The second-order valence-electron chi connectivity index (χ2n) is 8.27. The standard InChI is InChI=1S/C28H32N2S/c1-22(23-13-5-2-6-14-23)29-27-21-31-28(30-27)20-12-11-19-26(24-15-7-3-8-16-24)25-17-9-4-10-18-25/h2-10,13-18,22,26-27,29H,11-12,19-21H2,1H3. The van der Waals surface area contributed by atoms with Crippen molar-refractivity contribution in [3.8, 4) is 0 Å². The molecule has 0 bridgehead atoms. The summed E-state index contributed by atoms with van der Waals surface area (Å²) < 4.78 is 0. The van der Waals surface area contributed by atoms with Gasteiger partial charge in [0.25, 0.3) is 0 Å². The largest absolute Gasteiger partial charge is 0.288 e. The van der Waals surface area contributed by atoms with Crippen LogP contribution in [0.1, 0.15) is 61.3 Å². The van der Waals surface area contributed by atoms with Gasteiger partial charge in [-0.15, -0.1) is 11.8 Å². The second kappa shape index (κ2) is 11.3. The minimum atomic E-state index is 0.233. The van der Waals surface area contributed by atoms with Gasteiger partial charge < -0.3 is 0 Å². The van der Waals surface area contributed by atoms with E-state index in [1.165, 1.54) is 41.0 Å². The molecular formula is C28H32N2S. The van der Waals surface area contributed by atoms with E-state index in [0.29, 0.717) is 12.0 Å².